The maximum atomic E-state index is 5.65. The summed E-state index contributed by atoms with van der Waals surface area (Å²) in [7, 11) is 5.55. The third-order valence-corrected chi connectivity index (χ3v) is 4.27. The van der Waals surface area contributed by atoms with Gasteiger partial charge in [-0.15, -0.1) is 0 Å². The maximum Gasteiger partial charge on any atom is 0.123 e. The van der Waals surface area contributed by atoms with Crippen LogP contribution in [0.15, 0.2) is 24.3 Å². The van der Waals surface area contributed by atoms with Crippen LogP contribution < -0.4 is 9.47 Å². The van der Waals surface area contributed by atoms with E-state index in [2.05, 4.69) is 30.2 Å². The molecule has 2 aliphatic rings. The summed E-state index contributed by atoms with van der Waals surface area (Å²) in [6.07, 6.45) is 3.31. The second-order valence-electron chi connectivity index (χ2n) is 5.42. The molecule has 3 rings (SSSR count). The number of nitrogens with zero attached hydrogens (tertiary/aromatic N) is 1. The van der Waals surface area contributed by atoms with Gasteiger partial charge in [0.25, 0.3) is 0 Å². The van der Waals surface area contributed by atoms with Crippen LogP contribution in [-0.2, 0) is 4.74 Å². The molecule has 0 aliphatic carbocycles. The zero-order valence-electron chi connectivity index (χ0n) is 12.3. The Labute approximate surface area is 119 Å². The van der Waals surface area contributed by atoms with Crippen molar-refractivity contribution >= 4 is 5.57 Å². The summed E-state index contributed by atoms with van der Waals surface area (Å²) in [5.74, 6) is 1.67. The molecule has 0 radical (unpaired) electrons. The highest BCUT2D eigenvalue weighted by Gasteiger charge is 2.32. The molecule has 20 heavy (non-hydrogen) atoms. The molecule has 0 aromatic heterocycles. The Balaban J connectivity index is 1.96. The average Bonchev–Trinajstić information content (AvgIpc) is 2.46. The molecule has 1 fully saturated rings. The number of likely N-dealkylation sites (N-methyl/N-ethyl adjacent to an activating group) is 1. The van der Waals surface area contributed by atoms with Gasteiger partial charge in [0.1, 0.15) is 11.5 Å². The van der Waals surface area contributed by atoms with Crippen LogP contribution in [0.3, 0.4) is 0 Å². The van der Waals surface area contributed by atoms with Crippen LogP contribution in [-0.4, -0.2) is 51.5 Å². The SMILES string of the molecule is COc1cc(OC)cc(C2=CC3COCC(C2)N3C)c1. The number of benzene rings is 1. The lowest BCUT2D eigenvalue weighted by Gasteiger charge is -2.42. The van der Waals surface area contributed by atoms with Crippen LogP contribution in [0.25, 0.3) is 5.57 Å². The summed E-state index contributed by atoms with van der Waals surface area (Å²) in [6.45, 7) is 1.59. The summed E-state index contributed by atoms with van der Waals surface area (Å²) in [5.41, 5.74) is 2.55. The zero-order chi connectivity index (χ0) is 14.1. The van der Waals surface area contributed by atoms with Crippen molar-refractivity contribution in [1.29, 1.82) is 0 Å². The van der Waals surface area contributed by atoms with Crippen molar-refractivity contribution in [3.8, 4) is 11.5 Å². The van der Waals surface area contributed by atoms with Crippen molar-refractivity contribution < 1.29 is 14.2 Å². The molecule has 0 saturated carbocycles. The van der Waals surface area contributed by atoms with Gasteiger partial charge < -0.3 is 14.2 Å². The number of hydrogen-bond acceptors (Lipinski definition) is 4. The van der Waals surface area contributed by atoms with Gasteiger partial charge in [-0.3, -0.25) is 4.90 Å². The first-order valence-electron chi connectivity index (χ1n) is 6.95. The number of fused-ring (bicyclic) bond motifs is 2. The highest BCUT2D eigenvalue weighted by atomic mass is 16.5. The molecule has 108 valence electrons. The highest BCUT2D eigenvalue weighted by molar-refractivity contribution is 5.70. The topological polar surface area (TPSA) is 30.9 Å². The lowest BCUT2D eigenvalue weighted by molar-refractivity contribution is -0.0221. The van der Waals surface area contributed by atoms with E-state index >= 15 is 0 Å². The number of hydrogen-bond donors (Lipinski definition) is 0. The maximum absolute atomic E-state index is 5.65. The lowest BCUT2D eigenvalue weighted by atomic mass is 9.90. The summed E-state index contributed by atoms with van der Waals surface area (Å²) < 4.78 is 16.4. The molecule has 4 heteroatoms. The van der Waals surface area contributed by atoms with Crippen LogP contribution in [0.2, 0.25) is 0 Å². The molecule has 1 aromatic carbocycles. The predicted octanol–water partition coefficient (Wildman–Crippen LogP) is 2.19. The minimum atomic E-state index is 0.370. The number of morpholine rings is 1. The first kappa shape index (κ1) is 13.5. The molecule has 0 amide bonds. The minimum absolute atomic E-state index is 0.370. The quantitative estimate of drug-likeness (QED) is 0.846. The standard InChI is InChI=1S/C16H21NO3/c1-17-13-4-11(5-14(17)10-20-9-13)12-6-15(18-2)8-16(7-12)19-3/h4,6-8,13-14H,5,9-10H2,1-3H3. The van der Waals surface area contributed by atoms with E-state index in [1.165, 1.54) is 11.1 Å². The third kappa shape index (κ3) is 2.41. The van der Waals surface area contributed by atoms with Crippen molar-refractivity contribution in [3.05, 3.63) is 29.8 Å². The van der Waals surface area contributed by atoms with Gasteiger partial charge in [-0.2, -0.15) is 0 Å². The molecule has 2 heterocycles. The second-order valence-corrected chi connectivity index (χ2v) is 5.42. The Kier molecular flexibility index (Phi) is 3.68. The van der Waals surface area contributed by atoms with Gasteiger partial charge in [-0.25, -0.2) is 0 Å². The van der Waals surface area contributed by atoms with Crippen molar-refractivity contribution in [2.45, 2.75) is 18.5 Å². The fourth-order valence-electron chi connectivity index (χ4n) is 2.96. The minimum Gasteiger partial charge on any atom is -0.497 e. The summed E-state index contributed by atoms with van der Waals surface area (Å²) in [5, 5.41) is 0. The molecule has 2 unspecified atom stereocenters. The number of rotatable bonds is 3. The van der Waals surface area contributed by atoms with Crippen molar-refractivity contribution in [2.75, 3.05) is 34.5 Å². The van der Waals surface area contributed by atoms with Gasteiger partial charge in [0.2, 0.25) is 0 Å². The smallest absolute Gasteiger partial charge is 0.123 e. The molecule has 1 aromatic rings. The van der Waals surface area contributed by atoms with Crippen LogP contribution in [0.5, 0.6) is 11.5 Å². The fourth-order valence-corrected chi connectivity index (χ4v) is 2.96. The zero-order valence-corrected chi connectivity index (χ0v) is 12.3. The van der Waals surface area contributed by atoms with Crippen molar-refractivity contribution in [1.82, 2.24) is 4.90 Å². The van der Waals surface area contributed by atoms with Gasteiger partial charge in [-0.1, -0.05) is 6.08 Å². The van der Waals surface area contributed by atoms with Crippen molar-refractivity contribution in [2.24, 2.45) is 0 Å². The van der Waals surface area contributed by atoms with Crippen LogP contribution >= 0.6 is 0 Å². The molecule has 0 spiro atoms. The lowest BCUT2D eigenvalue weighted by Crippen LogP contribution is -2.51. The Hall–Kier alpha value is -1.52. The largest absolute Gasteiger partial charge is 0.497 e. The van der Waals surface area contributed by atoms with Gasteiger partial charge in [0.15, 0.2) is 0 Å². The molecule has 2 aliphatic heterocycles. The monoisotopic (exact) mass is 275 g/mol. The van der Waals surface area contributed by atoms with Gasteiger partial charge in [0, 0.05) is 12.1 Å². The van der Waals surface area contributed by atoms with Gasteiger partial charge >= 0.3 is 0 Å². The van der Waals surface area contributed by atoms with Crippen LogP contribution in [0.4, 0.5) is 0 Å². The molecule has 0 N–H and O–H groups in total. The van der Waals surface area contributed by atoms with E-state index in [1.807, 2.05) is 6.07 Å². The van der Waals surface area contributed by atoms with Crippen LogP contribution in [0, 0.1) is 0 Å². The number of ether oxygens (including phenoxy) is 3. The van der Waals surface area contributed by atoms with Crippen LogP contribution in [0.1, 0.15) is 12.0 Å². The van der Waals surface area contributed by atoms with Gasteiger partial charge in [-0.05, 0) is 36.7 Å². The Bertz CT molecular complexity index is 504. The Morgan fingerprint density at radius 2 is 1.80 bits per heavy atom. The Morgan fingerprint density at radius 1 is 1.10 bits per heavy atom. The summed E-state index contributed by atoms with van der Waals surface area (Å²) >= 11 is 0. The van der Waals surface area contributed by atoms with E-state index in [-0.39, 0.29) is 0 Å². The molecule has 2 bridgehead atoms. The van der Waals surface area contributed by atoms with Crippen molar-refractivity contribution in [3.63, 3.8) is 0 Å². The van der Waals surface area contributed by atoms with E-state index in [0.717, 1.165) is 31.1 Å². The molecule has 2 atom stereocenters. The van der Waals surface area contributed by atoms with E-state index in [9.17, 15) is 0 Å². The van der Waals surface area contributed by atoms with E-state index < -0.39 is 0 Å². The Morgan fingerprint density at radius 3 is 2.40 bits per heavy atom. The average molecular weight is 275 g/mol. The second kappa shape index (κ2) is 5.46. The fraction of sp³-hybridized carbons (Fsp3) is 0.500. The number of methoxy groups -OCH3 is 2. The summed E-state index contributed by atoms with van der Waals surface area (Å²) in [4.78, 5) is 2.41. The first-order chi connectivity index (χ1) is 9.71. The molecule has 1 saturated heterocycles. The molecule has 4 nitrogen and oxygen atoms in total. The molecular weight excluding hydrogens is 254 g/mol. The molecular formula is C16H21NO3. The normalized spacial score (nSPS) is 26.1. The van der Waals surface area contributed by atoms with E-state index in [0.29, 0.717) is 12.1 Å². The third-order valence-electron chi connectivity index (χ3n) is 4.27. The van der Waals surface area contributed by atoms with E-state index in [4.69, 9.17) is 14.2 Å². The predicted molar refractivity (Wildman–Crippen MR) is 78.3 cm³/mol. The van der Waals surface area contributed by atoms with E-state index in [1.54, 1.807) is 14.2 Å². The van der Waals surface area contributed by atoms with Gasteiger partial charge in [0.05, 0.1) is 33.5 Å². The first-order valence-corrected chi connectivity index (χ1v) is 6.95. The summed E-state index contributed by atoms with van der Waals surface area (Å²) in [6, 6.07) is 6.90. The highest BCUT2D eigenvalue weighted by Crippen LogP contribution is 2.34.